The number of benzene rings is 3. The van der Waals surface area contributed by atoms with Crippen LogP contribution < -0.4 is 10.1 Å². The van der Waals surface area contributed by atoms with Gasteiger partial charge in [0.2, 0.25) is 0 Å². The first-order valence-electron chi connectivity index (χ1n) is 8.31. The molecule has 0 aliphatic carbocycles. The molecule has 27 heavy (non-hydrogen) atoms. The Kier molecular flexibility index (Phi) is 5.35. The molecule has 4 nitrogen and oxygen atoms in total. The van der Waals surface area contributed by atoms with Crippen LogP contribution in [0.3, 0.4) is 0 Å². The second-order valence-corrected chi connectivity index (χ2v) is 7.90. The third kappa shape index (κ3) is 4.28. The molecule has 1 heterocycles. The van der Waals surface area contributed by atoms with Gasteiger partial charge in [-0.15, -0.1) is 11.3 Å². The van der Waals surface area contributed by atoms with Gasteiger partial charge in [-0.05, 0) is 57.6 Å². The number of nitrogens with zero attached hydrogens (tertiary/aromatic N) is 1. The quantitative estimate of drug-likeness (QED) is 0.367. The summed E-state index contributed by atoms with van der Waals surface area (Å²) in [6, 6.07) is 21.6. The maximum Gasteiger partial charge on any atom is 0.258 e. The second-order valence-electron chi connectivity index (χ2n) is 5.88. The van der Waals surface area contributed by atoms with Crippen molar-refractivity contribution in [3.63, 3.8) is 0 Å². The molecule has 0 aliphatic rings. The summed E-state index contributed by atoms with van der Waals surface area (Å²) >= 11 is 3.54. The summed E-state index contributed by atoms with van der Waals surface area (Å²) in [4.78, 5) is 16.8. The van der Waals surface area contributed by atoms with E-state index < -0.39 is 0 Å². The fraction of sp³-hybridized carbons (Fsp3) is 0.0476. The van der Waals surface area contributed by atoms with Crippen LogP contribution in [0.2, 0.25) is 0 Å². The molecule has 0 saturated carbocycles. The molecule has 6 heteroatoms. The van der Waals surface area contributed by atoms with Crippen LogP contribution in [0.4, 0.5) is 5.13 Å². The van der Waals surface area contributed by atoms with Crippen molar-refractivity contribution >= 4 is 55.7 Å². The topological polar surface area (TPSA) is 51.2 Å². The van der Waals surface area contributed by atoms with E-state index in [1.165, 1.54) is 16.7 Å². The van der Waals surface area contributed by atoms with Crippen molar-refractivity contribution in [2.45, 2.75) is 6.61 Å². The summed E-state index contributed by atoms with van der Waals surface area (Å²) in [5, 5.41) is 7.63. The predicted octanol–water partition coefficient (Wildman–Crippen LogP) is 5.73. The fourth-order valence-corrected chi connectivity index (χ4v) is 3.98. The number of rotatable bonds is 5. The van der Waals surface area contributed by atoms with E-state index in [1.54, 1.807) is 6.07 Å². The minimum absolute atomic E-state index is 0.156. The highest BCUT2D eigenvalue weighted by Gasteiger charge is 2.12. The standard InChI is InChI=1S/C21H15IN2O2S/c22-19-8-4-3-7-18(19)20(25)24-21-23-16(13-27-21)12-26-17-10-9-14-5-1-2-6-15(14)11-17/h1-11,13H,12H2,(H,23,24,25). The van der Waals surface area contributed by atoms with Gasteiger partial charge in [-0.25, -0.2) is 4.98 Å². The van der Waals surface area contributed by atoms with E-state index in [1.807, 2.05) is 53.9 Å². The molecule has 4 rings (SSSR count). The van der Waals surface area contributed by atoms with Gasteiger partial charge in [-0.1, -0.05) is 42.5 Å². The Morgan fingerprint density at radius 1 is 1.04 bits per heavy atom. The lowest BCUT2D eigenvalue weighted by Crippen LogP contribution is -2.13. The number of aromatic nitrogens is 1. The maximum absolute atomic E-state index is 12.4. The summed E-state index contributed by atoms with van der Waals surface area (Å²) in [5.41, 5.74) is 1.42. The van der Waals surface area contributed by atoms with Crippen molar-refractivity contribution in [1.82, 2.24) is 4.98 Å². The van der Waals surface area contributed by atoms with Crippen LogP contribution in [0, 0.1) is 3.57 Å². The van der Waals surface area contributed by atoms with E-state index in [2.05, 4.69) is 45.0 Å². The number of hydrogen-bond donors (Lipinski definition) is 1. The molecule has 0 atom stereocenters. The van der Waals surface area contributed by atoms with Crippen LogP contribution in [0.5, 0.6) is 5.75 Å². The van der Waals surface area contributed by atoms with Gasteiger partial charge in [0.15, 0.2) is 5.13 Å². The zero-order valence-electron chi connectivity index (χ0n) is 14.2. The molecule has 134 valence electrons. The van der Waals surface area contributed by atoms with Crippen molar-refractivity contribution in [3.8, 4) is 5.75 Å². The molecule has 0 bridgehead atoms. The SMILES string of the molecule is O=C(Nc1nc(COc2ccc3ccccc3c2)cs1)c1ccccc1I. The molecule has 0 unspecified atom stereocenters. The highest BCUT2D eigenvalue weighted by Crippen LogP contribution is 2.23. The van der Waals surface area contributed by atoms with Gasteiger partial charge in [-0.2, -0.15) is 0 Å². The maximum atomic E-state index is 12.4. The predicted molar refractivity (Wildman–Crippen MR) is 118 cm³/mol. The minimum atomic E-state index is -0.156. The van der Waals surface area contributed by atoms with Crippen molar-refractivity contribution in [1.29, 1.82) is 0 Å². The van der Waals surface area contributed by atoms with E-state index >= 15 is 0 Å². The van der Waals surface area contributed by atoms with Gasteiger partial charge in [0.25, 0.3) is 5.91 Å². The van der Waals surface area contributed by atoms with E-state index in [4.69, 9.17) is 4.74 Å². The van der Waals surface area contributed by atoms with Gasteiger partial charge < -0.3 is 4.74 Å². The average molecular weight is 486 g/mol. The number of carbonyl (C=O) groups excluding carboxylic acids is 1. The van der Waals surface area contributed by atoms with E-state index in [0.717, 1.165) is 20.4 Å². The number of halogens is 1. The first kappa shape index (κ1) is 17.9. The normalized spacial score (nSPS) is 10.7. The lowest BCUT2D eigenvalue weighted by atomic mass is 10.1. The molecule has 1 N–H and O–H groups in total. The Morgan fingerprint density at radius 3 is 2.67 bits per heavy atom. The molecule has 0 spiro atoms. The fourth-order valence-electron chi connectivity index (χ4n) is 2.65. The van der Waals surface area contributed by atoms with Gasteiger partial charge in [-0.3, -0.25) is 10.1 Å². The van der Waals surface area contributed by atoms with Crippen LogP contribution in [0.15, 0.2) is 72.1 Å². The van der Waals surface area contributed by atoms with Crippen LogP contribution in [0.25, 0.3) is 10.8 Å². The molecule has 1 amide bonds. The Morgan fingerprint density at radius 2 is 1.81 bits per heavy atom. The lowest BCUT2D eigenvalue weighted by molar-refractivity contribution is 0.102. The molecule has 3 aromatic carbocycles. The highest BCUT2D eigenvalue weighted by atomic mass is 127. The number of fused-ring (bicyclic) bond motifs is 1. The minimum Gasteiger partial charge on any atom is -0.487 e. The number of thiazole rings is 1. The Labute approximate surface area is 174 Å². The van der Waals surface area contributed by atoms with E-state index in [9.17, 15) is 4.79 Å². The molecule has 0 aliphatic heterocycles. The number of ether oxygens (including phenoxy) is 1. The third-order valence-corrected chi connectivity index (χ3v) is 5.75. The highest BCUT2D eigenvalue weighted by molar-refractivity contribution is 14.1. The zero-order valence-corrected chi connectivity index (χ0v) is 17.2. The number of hydrogen-bond acceptors (Lipinski definition) is 4. The summed E-state index contributed by atoms with van der Waals surface area (Å²) < 4.78 is 6.76. The van der Waals surface area contributed by atoms with Crippen molar-refractivity contribution in [2.75, 3.05) is 5.32 Å². The Hall–Kier alpha value is -2.45. The number of amides is 1. The van der Waals surface area contributed by atoms with Crippen LogP contribution in [0.1, 0.15) is 16.1 Å². The lowest BCUT2D eigenvalue weighted by Gasteiger charge is -2.06. The molecule has 1 aromatic heterocycles. The van der Waals surface area contributed by atoms with E-state index in [-0.39, 0.29) is 5.91 Å². The summed E-state index contributed by atoms with van der Waals surface area (Å²) in [7, 11) is 0. The summed E-state index contributed by atoms with van der Waals surface area (Å²) in [6.07, 6.45) is 0. The molecule has 0 saturated heterocycles. The zero-order chi connectivity index (χ0) is 18.6. The molecule has 0 fully saturated rings. The molecular formula is C21H15IN2O2S. The van der Waals surface area contributed by atoms with Gasteiger partial charge in [0, 0.05) is 8.95 Å². The van der Waals surface area contributed by atoms with Crippen LogP contribution >= 0.6 is 33.9 Å². The molecule has 4 aromatic rings. The largest absolute Gasteiger partial charge is 0.487 e. The smallest absolute Gasteiger partial charge is 0.258 e. The van der Waals surface area contributed by atoms with Gasteiger partial charge in [0.05, 0.1) is 11.3 Å². The monoisotopic (exact) mass is 486 g/mol. The second kappa shape index (κ2) is 8.06. The van der Waals surface area contributed by atoms with Crippen molar-refractivity contribution in [2.24, 2.45) is 0 Å². The van der Waals surface area contributed by atoms with Gasteiger partial charge >= 0.3 is 0 Å². The van der Waals surface area contributed by atoms with Crippen molar-refractivity contribution in [3.05, 3.63) is 86.9 Å². The van der Waals surface area contributed by atoms with Crippen molar-refractivity contribution < 1.29 is 9.53 Å². The Balaban J connectivity index is 1.40. The van der Waals surface area contributed by atoms with Gasteiger partial charge in [0.1, 0.15) is 12.4 Å². The van der Waals surface area contributed by atoms with Crippen LogP contribution in [-0.4, -0.2) is 10.9 Å². The number of nitrogens with one attached hydrogen (secondary N) is 1. The number of carbonyl (C=O) groups is 1. The third-order valence-electron chi connectivity index (χ3n) is 4.00. The molecule has 0 radical (unpaired) electrons. The first-order valence-corrected chi connectivity index (χ1v) is 10.3. The molecular weight excluding hydrogens is 471 g/mol. The summed E-state index contributed by atoms with van der Waals surface area (Å²) in [5.74, 6) is 0.641. The first-order chi connectivity index (χ1) is 13.2. The van der Waals surface area contributed by atoms with Crippen LogP contribution in [-0.2, 0) is 6.61 Å². The average Bonchev–Trinajstić information content (AvgIpc) is 3.14. The number of anilines is 1. The Bertz CT molecular complexity index is 1110. The van der Waals surface area contributed by atoms with E-state index in [0.29, 0.717) is 17.3 Å². The summed E-state index contributed by atoms with van der Waals surface area (Å²) in [6.45, 7) is 0.355.